The van der Waals surface area contributed by atoms with Crippen LogP contribution < -0.4 is 5.32 Å². The number of likely N-dealkylation sites (tertiary alicyclic amines) is 1. The molecule has 2 fully saturated rings. The highest BCUT2D eigenvalue weighted by Gasteiger charge is 2.24. The number of carbonyl (C=O) groups is 2. The van der Waals surface area contributed by atoms with E-state index in [0.29, 0.717) is 38.4 Å². The summed E-state index contributed by atoms with van der Waals surface area (Å²) >= 11 is 0. The summed E-state index contributed by atoms with van der Waals surface area (Å²) in [4.78, 5) is 30.7. The smallest absolute Gasteiger partial charge is 0.238 e. The molecule has 2 aliphatic rings. The third kappa shape index (κ3) is 5.51. The average molecular weight is 362 g/mol. The molecule has 142 valence electrons. The molecule has 0 aliphatic carbocycles. The molecule has 6 nitrogen and oxygen atoms in total. The first kappa shape index (κ1) is 18.8. The zero-order valence-electron chi connectivity index (χ0n) is 15.1. The molecule has 26 heavy (non-hydrogen) atoms. The van der Waals surface area contributed by atoms with Crippen molar-refractivity contribution in [1.82, 2.24) is 14.7 Å². The van der Waals surface area contributed by atoms with E-state index < -0.39 is 0 Å². The number of carbonyl (C=O) groups excluding carboxylic acids is 2. The third-order valence-electron chi connectivity index (χ3n) is 5.03. The van der Waals surface area contributed by atoms with Crippen LogP contribution in [0.5, 0.6) is 0 Å². The number of rotatable bonds is 5. The molecule has 2 saturated heterocycles. The van der Waals surface area contributed by atoms with Crippen molar-refractivity contribution in [3.63, 3.8) is 0 Å². The van der Waals surface area contributed by atoms with Crippen molar-refractivity contribution in [3.05, 3.63) is 30.1 Å². The Hall–Kier alpha value is -1.99. The number of piperidine rings is 1. The summed E-state index contributed by atoms with van der Waals surface area (Å²) in [6, 6.07) is 5.74. The Labute approximate surface area is 153 Å². The van der Waals surface area contributed by atoms with Gasteiger partial charge in [-0.1, -0.05) is 6.42 Å². The lowest BCUT2D eigenvalue weighted by Gasteiger charge is -2.36. The highest BCUT2D eigenvalue weighted by molar-refractivity contribution is 5.92. The number of hydrogen-bond acceptors (Lipinski definition) is 4. The maximum atomic E-state index is 12.9. The minimum absolute atomic E-state index is 0.121. The second kappa shape index (κ2) is 9.09. The number of piperazine rings is 1. The third-order valence-corrected chi connectivity index (χ3v) is 5.03. The highest BCUT2D eigenvalue weighted by atomic mass is 19.1. The Bertz CT molecular complexity index is 608. The standard InChI is InChI=1S/C19H27FN4O2/c20-16-4-6-17(7-5-16)21-18(25)14-23-10-12-24(13-11-23)19(26)15-22-8-2-1-3-9-22/h4-7H,1-3,8-15H2,(H,21,25). The number of hydrogen-bond donors (Lipinski definition) is 1. The first-order chi connectivity index (χ1) is 12.6. The van der Waals surface area contributed by atoms with Gasteiger partial charge in [-0.25, -0.2) is 4.39 Å². The van der Waals surface area contributed by atoms with Gasteiger partial charge in [-0.05, 0) is 50.2 Å². The molecule has 7 heteroatoms. The summed E-state index contributed by atoms with van der Waals surface area (Å²) in [7, 11) is 0. The molecule has 0 spiro atoms. The number of anilines is 1. The van der Waals surface area contributed by atoms with Crippen LogP contribution in [-0.2, 0) is 9.59 Å². The fourth-order valence-corrected chi connectivity index (χ4v) is 3.50. The van der Waals surface area contributed by atoms with Gasteiger partial charge < -0.3 is 10.2 Å². The van der Waals surface area contributed by atoms with Crippen molar-refractivity contribution in [3.8, 4) is 0 Å². The van der Waals surface area contributed by atoms with Gasteiger partial charge in [-0.3, -0.25) is 19.4 Å². The summed E-state index contributed by atoms with van der Waals surface area (Å²) in [5.74, 6) is -0.250. The number of nitrogens with zero attached hydrogens (tertiary/aromatic N) is 3. The van der Waals surface area contributed by atoms with E-state index in [-0.39, 0.29) is 24.2 Å². The molecule has 0 radical (unpaired) electrons. The van der Waals surface area contributed by atoms with Crippen molar-refractivity contribution in [2.45, 2.75) is 19.3 Å². The summed E-state index contributed by atoms with van der Waals surface area (Å²) in [6.07, 6.45) is 3.64. The van der Waals surface area contributed by atoms with Crippen LogP contribution in [0, 0.1) is 5.82 Å². The number of amides is 2. The fourth-order valence-electron chi connectivity index (χ4n) is 3.50. The Morgan fingerprint density at radius 3 is 2.12 bits per heavy atom. The van der Waals surface area contributed by atoms with E-state index in [1.54, 1.807) is 12.1 Å². The highest BCUT2D eigenvalue weighted by Crippen LogP contribution is 2.11. The molecule has 0 bridgehead atoms. The van der Waals surface area contributed by atoms with E-state index >= 15 is 0 Å². The molecule has 2 amide bonds. The summed E-state index contributed by atoms with van der Waals surface area (Å²) in [5.41, 5.74) is 0.590. The van der Waals surface area contributed by atoms with Crippen LogP contribution in [0.15, 0.2) is 24.3 Å². The quantitative estimate of drug-likeness (QED) is 0.860. The second-order valence-corrected chi connectivity index (χ2v) is 7.05. The molecule has 3 rings (SSSR count). The van der Waals surface area contributed by atoms with Gasteiger partial charge in [0.15, 0.2) is 0 Å². The number of benzene rings is 1. The van der Waals surface area contributed by atoms with E-state index in [1.807, 2.05) is 9.80 Å². The molecule has 1 aromatic rings. The normalized spacial score (nSPS) is 19.3. The van der Waals surface area contributed by atoms with E-state index in [9.17, 15) is 14.0 Å². The monoisotopic (exact) mass is 362 g/mol. The predicted molar refractivity (Wildman–Crippen MR) is 98.3 cm³/mol. The van der Waals surface area contributed by atoms with E-state index in [0.717, 1.165) is 13.1 Å². The molecule has 0 atom stereocenters. The molecule has 1 N–H and O–H groups in total. The van der Waals surface area contributed by atoms with Crippen molar-refractivity contribution in [2.24, 2.45) is 0 Å². The number of nitrogens with one attached hydrogen (secondary N) is 1. The van der Waals surface area contributed by atoms with Crippen molar-refractivity contribution in [1.29, 1.82) is 0 Å². The lowest BCUT2D eigenvalue weighted by atomic mass is 10.1. The minimum atomic E-state index is -0.326. The molecule has 0 aromatic heterocycles. The van der Waals surface area contributed by atoms with Crippen LogP contribution >= 0.6 is 0 Å². The first-order valence-corrected chi connectivity index (χ1v) is 9.38. The van der Waals surface area contributed by atoms with Crippen molar-refractivity contribution >= 4 is 17.5 Å². The van der Waals surface area contributed by atoms with Gasteiger partial charge in [0.1, 0.15) is 5.82 Å². The van der Waals surface area contributed by atoms with Gasteiger partial charge in [-0.2, -0.15) is 0 Å². The SMILES string of the molecule is O=C(CN1CCN(C(=O)CN2CCCCC2)CC1)Nc1ccc(F)cc1. The van der Waals surface area contributed by atoms with Crippen molar-refractivity contribution in [2.75, 3.05) is 57.7 Å². The van der Waals surface area contributed by atoms with E-state index in [1.165, 1.54) is 31.4 Å². The molecular weight excluding hydrogens is 335 g/mol. The van der Waals surface area contributed by atoms with Crippen LogP contribution in [0.2, 0.25) is 0 Å². The maximum absolute atomic E-state index is 12.9. The lowest BCUT2D eigenvalue weighted by Crippen LogP contribution is -2.52. The molecule has 2 aliphatic heterocycles. The van der Waals surface area contributed by atoms with Gasteiger partial charge >= 0.3 is 0 Å². The zero-order valence-corrected chi connectivity index (χ0v) is 15.1. The first-order valence-electron chi connectivity index (χ1n) is 9.38. The summed E-state index contributed by atoms with van der Waals surface area (Å²) in [5, 5.41) is 2.77. The van der Waals surface area contributed by atoms with Crippen LogP contribution in [-0.4, -0.2) is 78.9 Å². The Morgan fingerprint density at radius 2 is 1.46 bits per heavy atom. The van der Waals surface area contributed by atoms with Gasteiger partial charge in [0.05, 0.1) is 13.1 Å². The Kier molecular flexibility index (Phi) is 6.57. The summed E-state index contributed by atoms with van der Waals surface area (Å²) in [6.45, 7) is 5.57. The Morgan fingerprint density at radius 1 is 0.846 bits per heavy atom. The topological polar surface area (TPSA) is 55.9 Å². The van der Waals surface area contributed by atoms with E-state index in [4.69, 9.17) is 0 Å². The minimum Gasteiger partial charge on any atom is -0.339 e. The lowest BCUT2D eigenvalue weighted by molar-refractivity contribution is -0.134. The fraction of sp³-hybridized carbons (Fsp3) is 0.579. The zero-order chi connectivity index (χ0) is 18.4. The second-order valence-electron chi connectivity index (χ2n) is 7.05. The van der Waals surface area contributed by atoms with Crippen LogP contribution in [0.1, 0.15) is 19.3 Å². The largest absolute Gasteiger partial charge is 0.339 e. The van der Waals surface area contributed by atoms with Gasteiger partial charge in [0.25, 0.3) is 0 Å². The van der Waals surface area contributed by atoms with Crippen LogP contribution in [0.4, 0.5) is 10.1 Å². The van der Waals surface area contributed by atoms with Gasteiger partial charge in [0.2, 0.25) is 11.8 Å². The maximum Gasteiger partial charge on any atom is 0.238 e. The molecule has 1 aromatic carbocycles. The summed E-state index contributed by atoms with van der Waals surface area (Å²) < 4.78 is 12.9. The van der Waals surface area contributed by atoms with Gasteiger partial charge in [-0.15, -0.1) is 0 Å². The van der Waals surface area contributed by atoms with E-state index in [2.05, 4.69) is 10.2 Å². The van der Waals surface area contributed by atoms with Gasteiger partial charge in [0, 0.05) is 31.9 Å². The average Bonchev–Trinajstić information content (AvgIpc) is 2.65. The molecule has 0 unspecified atom stereocenters. The van der Waals surface area contributed by atoms with Crippen LogP contribution in [0.3, 0.4) is 0 Å². The van der Waals surface area contributed by atoms with Crippen molar-refractivity contribution < 1.29 is 14.0 Å². The Balaban J connectivity index is 1.38. The molecule has 0 saturated carbocycles. The molecule has 2 heterocycles. The van der Waals surface area contributed by atoms with Crippen LogP contribution in [0.25, 0.3) is 0 Å². The predicted octanol–water partition coefficient (Wildman–Crippen LogP) is 1.39. The molecular formula is C19H27FN4O2. The number of halogens is 1.